The summed E-state index contributed by atoms with van der Waals surface area (Å²) in [4.78, 5) is 15.1. The summed E-state index contributed by atoms with van der Waals surface area (Å²) in [6.45, 7) is 0. The normalized spacial score (nSPS) is 27.1. The SMILES string of the molecule is O=c1cc2[nH]ccn2cc1CCCCC[C@H]1CCC2CC21. The summed E-state index contributed by atoms with van der Waals surface area (Å²) in [5.74, 6) is 3.26. The highest BCUT2D eigenvalue weighted by atomic mass is 16.1. The Hall–Kier alpha value is -1.51. The molecule has 0 aliphatic heterocycles. The molecule has 1 N–H and O–H groups in total. The molecule has 3 atom stereocenters. The fourth-order valence-corrected chi connectivity index (χ4v) is 4.30. The fraction of sp³-hybridized carbons (Fsp3) is 0.611. The first-order valence-corrected chi connectivity index (χ1v) is 8.49. The molecule has 0 saturated heterocycles. The molecule has 2 heterocycles. The number of nitrogens with zero attached hydrogens (tertiary/aromatic N) is 1. The lowest BCUT2D eigenvalue weighted by atomic mass is 9.95. The second-order valence-electron chi connectivity index (χ2n) is 7.01. The minimum absolute atomic E-state index is 0.175. The highest BCUT2D eigenvalue weighted by Crippen LogP contribution is 2.56. The highest BCUT2D eigenvalue weighted by Gasteiger charge is 2.47. The summed E-state index contributed by atoms with van der Waals surface area (Å²) in [7, 11) is 0. The molecule has 3 heteroatoms. The van der Waals surface area contributed by atoms with Gasteiger partial charge in [-0.3, -0.25) is 4.79 Å². The Balaban J connectivity index is 1.25. The number of aromatic nitrogens is 2. The van der Waals surface area contributed by atoms with Crippen LogP contribution in [-0.4, -0.2) is 9.38 Å². The zero-order valence-corrected chi connectivity index (χ0v) is 12.6. The standard InChI is InChI=1S/C18H24N2O/c21-17-11-18-19-8-9-20(18)12-15(17)5-3-1-2-4-13-6-7-14-10-16(13)14/h8-9,11-14,16,19H,1-7,10H2/t13-,14?,16?/m0/s1. The van der Waals surface area contributed by atoms with Crippen LogP contribution in [-0.2, 0) is 6.42 Å². The molecule has 2 unspecified atom stereocenters. The van der Waals surface area contributed by atoms with Crippen molar-refractivity contribution in [3.8, 4) is 0 Å². The highest BCUT2D eigenvalue weighted by molar-refractivity contribution is 5.39. The van der Waals surface area contributed by atoms with Gasteiger partial charge in [-0.15, -0.1) is 0 Å². The maximum atomic E-state index is 12.0. The van der Waals surface area contributed by atoms with Crippen LogP contribution in [0.3, 0.4) is 0 Å². The summed E-state index contributed by atoms with van der Waals surface area (Å²) in [6.07, 6.45) is 16.4. The number of nitrogens with one attached hydrogen (secondary N) is 1. The summed E-state index contributed by atoms with van der Waals surface area (Å²) >= 11 is 0. The molecule has 0 aromatic carbocycles. The Morgan fingerprint density at radius 2 is 2.19 bits per heavy atom. The molecule has 0 radical (unpaired) electrons. The average molecular weight is 284 g/mol. The van der Waals surface area contributed by atoms with Gasteiger partial charge in [-0.1, -0.05) is 19.3 Å². The third kappa shape index (κ3) is 2.66. The maximum Gasteiger partial charge on any atom is 0.186 e. The van der Waals surface area contributed by atoms with Crippen molar-refractivity contribution in [2.75, 3.05) is 0 Å². The van der Waals surface area contributed by atoms with Crippen molar-refractivity contribution in [1.29, 1.82) is 0 Å². The number of hydrogen-bond donors (Lipinski definition) is 1. The Labute approximate surface area is 125 Å². The van der Waals surface area contributed by atoms with Gasteiger partial charge in [0.15, 0.2) is 5.43 Å². The Kier molecular flexibility index (Phi) is 3.36. The number of unbranched alkanes of at least 4 members (excludes halogenated alkanes) is 2. The third-order valence-corrected chi connectivity index (χ3v) is 5.64. The van der Waals surface area contributed by atoms with Gasteiger partial charge in [0.2, 0.25) is 0 Å². The third-order valence-electron chi connectivity index (χ3n) is 5.64. The van der Waals surface area contributed by atoms with Gasteiger partial charge in [0.25, 0.3) is 0 Å². The lowest BCUT2D eigenvalue weighted by Crippen LogP contribution is -2.09. The number of aryl methyl sites for hydroxylation is 1. The molecule has 4 rings (SSSR count). The van der Waals surface area contributed by atoms with E-state index in [1.165, 1.54) is 38.5 Å². The van der Waals surface area contributed by atoms with E-state index < -0.39 is 0 Å². The quantitative estimate of drug-likeness (QED) is 0.805. The molecule has 0 spiro atoms. The van der Waals surface area contributed by atoms with Crippen LogP contribution in [0.2, 0.25) is 0 Å². The molecule has 21 heavy (non-hydrogen) atoms. The minimum Gasteiger partial charge on any atom is -0.346 e. The molecule has 2 saturated carbocycles. The van der Waals surface area contributed by atoms with Gasteiger partial charge in [0.1, 0.15) is 5.65 Å². The lowest BCUT2D eigenvalue weighted by molar-refractivity contribution is 0.420. The topological polar surface area (TPSA) is 37.3 Å². The predicted molar refractivity (Wildman–Crippen MR) is 84.5 cm³/mol. The van der Waals surface area contributed by atoms with Crippen molar-refractivity contribution >= 4 is 5.65 Å². The first kappa shape index (κ1) is 13.2. The van der Waals surface area contributed by atoms with E-state index in [4.69, 9.17) is 0 Å². The maximum absolute atomic E-state index is 12.0. The van der Waals surface area contributed by atoms with E-state index in [1.807, 2.05) is 23.0 Å². The van der Waals surface area contributed by atoms with Gasteiger partial charge in [-0.05, 0) is 49.9 Å². The van der Waals surface area contributed by atoms with Crippen LogP contribution in [0.25, 0.3) is 5.65 Å². The van der Waals surface area contributed by atoms with Crippen LogP contribution in [0.1, 0.15) is 50.5 Å². The van der Waals surface area contributed by atoms with Gasteiger partial charge < -0.3 is 9.38 Å². The summed E-state index contributed by atoms with van der Waals surface area (Å²) < 4.78 is 2.00. The van der Waals surface area contributed by atoms with Crippen molar-refractivity contribution in [3.05, 3.63) is 40.4 Å². The van der Waals surface area contributed by atoms with E-state index in [0.717, 1.165) is 41.8 Å². The first-order valence-electron chi connectivity index (χ1n) is 8.49. The summed E-state index contributed by atoms with van der Waals surface area (Å²) in [6, 6.07) is 1.71. The summed E-state index contributed by atoms with van der Waals surface area (Å²) in [5, 5.41) is 0. The van der Waals surface area contributed by atoms with Gasteiger partial charge in [-0.2, -0.15) is 0 Å². The Bertz CT molecular complexity index is 684. The zero-order valence-electron chi connectivity index (χ0n) is 12.6. The predicted octanol–water partition coefficient (Wildman–Crippen LogP) is 3.78. The van der Waals surface area contributed by atoms with E-state index in [-0.39, 0.29) is 5.43 Å². The van der Waals surface area contributed by atoms with Crippen LogP contribution in [0.4, 0.5) is 0 Å². The molecule has 2 aromatic rings. The molecular weight excluding hydrogens is 260 g/mol. The molecule has 2 aromatic heterocycles. The van der Waals surface area contributed by atoms with Crippen LogP contribution in [0.5, 0.6) is 0 Å². The molecule has 3 nitrogen and oxygen atoms in total. The number of imidazole rings is 1. The Morgan fingerprint density at radius 3 is 3.00 bits per heavy atom. The smallest absolute Gasteiger partial charge is 0.186 e. The average Bonchev–Trinajstić information content (AvgIpc) is 2.93. The Morgan fingerprint density at radius 1 is 1.24 bits per heavy atom. The number of aromatic amines is 1. The van der Waals surface area contributed by atoms with Crippen molar-refractivity contribution < 1.29 is 0 Å². The van der Waals surface area contributed by atoms with Gasteiger partial charge in [0, 0.05) is 30.2 Å². The van der Waals surface area contributed by atoms with Gasteiger partial charge in [0.05, 0.1) is 0 Å². The number of pyridine rings is 1. The van der Waals surface area contributed by atoms with Crippen LogP contribution in [0, 0.1) is 17.8 Å². The first-order chi connectivity index (χ1) is 10.3. The summed E-state index contributed by atoms with van der Waals surface area (Å²) in [5.41, 5.74) is 2.01. The molecule has 2 aliphatic rings. The zero-order chi connectivity index (χ0) is 14.2. The molecule has 0 amide bonds. The van der Waals surface area contributed by atoms with E-state index in [0.29, 0.717) is 0 Å². The van der Waals surface area contributed by atoms with E-state index in [1.54, 1.807) is 6.07 Å². The second-order valence-corrected chi connectivity index (χ2v) is 7.01. The van der Waals surface area contributed by atoms with Crippen LogP contribution >= 0.6 is 0 Å². The molecule has 112 valence electrons. The molecule has 2 fully saturated rings. The van der Waals surface area contributed by atoms with Gasteiger partial charge >= 0.3 is 0 Å². The number of rotatable bonds is 6. The van der Waals surface area contributed by atoms with Crippen LogP contribution in [0.15, 0.2) is 29.5 Å². The van der Waals surface area contributed by atoms with Crippen molar-refractivity contribution in [2.45, 2.75) is 51.4 Å². The number of fused-ring (bicyclic) bond motifs is 2. The lowest BCUT2D eigenvalue weighted by Gasteiger charge is -2.10. The second kappa shape index (κ2) is 5.36. The van der Waals surface area contributed by atoms with Crippen LogP contribution < -0.4 is 5.43 Å². The van der Waals surface area contributed by atoms with Crippen molar-refractivity contribution in [3.63, 3.8) is 0 Å². The molecule has 2 aliphatic carbocycles. The molecular formula is C18H24N2O. The monoisotopic (exact) mass is 284 g/mol. The van der Waals surface area contributed by atoms with E-state index in [9.17, 15) is 4.79 Å². The number of hydrogen-bond acceptors (Lipinski definition) is 1. The van der Waals surface area contributed by atoms with Crippen molar-refractivity contribution in [2.24, 2.45) is 17.8 Å². The largest absolute Gasteiger partial charge is 0.346 e. The minimum atomic E-state index is 0.175. The van der Waals surface area contributed by atoms with Gasteiger partial charge in [-0.25, -0.2) is 0 Å². The fourth-order valence-electron chi connectivity index (χ4n) is 4.30. The van der Waals surface area contributed by atoms with E-state index >= 15 is 0 Å². The molecule has 0 bridgehead atoms. The van der Waals surface area contributed by atoms with E-state index in [2.05, 4.69) is 4.98 Å². The number of H-pyrrole nitrogens is 1. The van der Waals surface area contributed by atoms with Crippen molar-refractivity contribution in [1.82, 2.24) is 9.38 Å².